The molecule has 2 N–H and O–H groups in total. The van der Waals surface area contributed by atoms with Crippen LogP contribution in [0.2, 0.25) is 0 Å². The fourth-order valence-corrected chi connectivity index (χ4v) is 2.81. The molecular formula is C19H21F2N3O4. The number of methoxy groups -OCH3 is 2. The third-order valence-corrected chi connectivity index (χ3v) is 4.28. The molecule has 9 heteroatoms. The smallest absolute Gasteiger partial charge is 0.262 e. The van der Waals surface area contributed by atoms with Crippen LogP contribution in [0, 0.1) is 0 Å². The predicted molar refractivity (Wildman–Crippen MR) is 97.1 cm³/mol. The minimum atomic E-state index is -2.85. The van der Waals surface area contributed by atoms with Gasteiger partial charge in [-0.2, -0.15) is 0 Å². The zero-order valence-corrected chi connectivity index (χ0v) is 15.5. The van der Waals surface area contributed by atoms with Gasteiger partial charge in [0.15, 0.2) is 11.5 Å². The molecule has 1 saturated heterocycles. The number of ether oxygens (including phenoxy) is 3. The van der Waals surface area contributed by atoms with Crippen LogP contribution in [0.5, 0.6) is 23.1 Å². The molecule has 2 aromatic rings. The minimum Gasteiger partial charge on any atom is -0.493 e. The van der Waals surface area contributed by atoms with E-state index < -0.39 is 30.8 Å². The molecule has 0 radical (unpaired) electrons. The Bertz CT molecular complexity index is 808. The van der Waals surface area contributed by atoms with Crippen molar-refractivity contribution in [3.63, 3.8) is 0 Å². The van der Waals surface area contributed by atoms with E-state index in [4.69, 9.17) is 14.2 Å². The first-order valence-corrected chi connectivity index (χ1v) is 8.64. The Balaban J connectivity index is 1.59. The molecule has 1 aliphatic rings. The van der Waals surface area contributed by atoms with Crippen LogP contribution in [0.15, 0.2) is 36.5 Å². The number of nitrogens with one attached hydrogen (secondary N) is 2. The number of amides is 1. The van der Waals surface area contributed by atoms with Gasteiger partial charge < -0.3 is 19.5 Å². The lowest BCUT2D eigenvalue weighted by Gasteiger charge is -2.14. The van der Waals surface area contributed by atoms with Crippen LogP contribution in [-0.4, -0.2) is 43.6 Å². The monoisotopic (exact) mass is 393 g/mol. The van der Waals surface area contributed by atoms with Gasteiger partial charge in [0.1, 0.15) is 0 Å². The Morgan fingerprint density at radius 3 is 2.50 bits per heavy atom. The van der Waals surface area contributed by atoms with E-state index in [1.807, 2.05) is 0 Å². The number of aromatic nitrogens is 1. The van der Waals surface area contributed by atoms with Crippen LogP contribution >= 0.6 is 0 Å². The lowest BCUT2D eigenvalue weighted by Crippen LogP contribution is -2.40. The first-order chi connectivity index (χ1) is 13.4. The van der Waals surface area contributed by atoms with Crippen molar-refractivity contribution in [3.05, 3.63) is 42.1 Å². The van der Waals surface area contributed by atoms with Crippen LogP contribution in [0.4, 0.5) is 8.78 Å². The number of nitrogens with zero attached hydrogens (tertiary/aromatic N) is 1. The quantitative estimate of drug-likeness (QED) is 0.752. The second-order valence-electron chi connectivity index (χ2n) is 6.31. The Morgan fingerprint density at radius 2 is 1.96 bits per heavy atom. The summed E-state index contributed by atoms with van der Waals surface area (Å²) in [6, 6.07) is 7.73. The minimum absolute atomic E-state index is 0.174. The lowest BCUT2D eigenvalue weighted by molar-refractivity contribution is -0.123. The van der Waals surface area contributed by atoms with E-state index in [2.05, 4.69) is 15.6 Å². The van der Waals surface area contributed by atoms with Gasteiger partial charge in [0.05, 0.1) is 26.8 Å². The van der Waals surface area contributed by atoms with E-state index in [1.165, 1.54) is 20.4 Å². The highest BCUT2D eigenvalue weighted by atomic mass is 19.3. The van der Waals surface area contributed by atoms with Gasteiger partial charge in [-0.05, 0) is 17.7 Å². The van der Waals surface area contributed by atoms with Crippen molar-refractivity contribution in [1.29, 1.82) is 0 Å². The van der Waals surface area contributed by atoms with Crippen molar-refractivity contribution in [2.75, 3.05) is 20.8 Å². The van der Waals surface area contributed by atoms with Crippen molar-refractivity contribution in [3.8, 4) is 23.1 Å². The van der Waals surface area contributed by atoms with Gasteiger partial charge >= 0.3 is 0 Å². The average molecular weight is 393 g/mol. The molecule has 1 aromatic carbocycles. The van der Waals surface area contributed by atoms with Gasteiger partial charge in [-0.3, -0.25) is 10.1 Å². The molecule has 0 spiro atoms. The van der Waals surface area contributed by atoms with E-state index >= 15 is 0 Å². The highest BCUT2D eigenvalue weighted by Crippen LogP contribution is 2.39. The number of halogens is 2. The zero-order chi connectivity index (χ0) is 20.1. The Kier molecular flexibility index (Phi) is 5.93. The molecule has 1 amide bonds. The summed E-state index contributed by atoms with van der Waals surface area (Å²) in [5, 5.41) is 5.15. The second-order valence-corrected chi connectivity index (χ2v) is 6.31. The van der Waals surface area contributed by atoms with Gasteiger partial charge in [-0.25, -0.2) is 13.8 Å². The van der Waals surface area contributed by atoms with Gasteiger partial charge in [-0.15, -0.1) is 0 Å². The molecule has 1 aromatic heterocycles. The van der Waals surface area contributed by atoms with Crippen molar-refractivity contribution in [2.45, 2.75) is 24.9 Å². The Labute approximate surface area is 161 Å². The average Bonchev–Trinajstić information content (AvgIpc) is 3.07. The summed E-state index contributed by atoms with van der Waals surface area (Å²) >= 11 is 0. The molecule has 3 rings (SSSR count). The van der Waals surface area contributed by atoms with Crippen LogP contribution < -0.4 is 24.8 Å². The van der Waals surface area contributed by atoms with Crippen molar-refractivity contribution >= 4 is 5.91 Å². The summed E-state index contributed by atoms with van der Waals surface area (Å²) < 4.78 is 42.6. The third-order valence-electron chi connectivity index (χ3n) is 4.28. The van der Waals surface area contributed by atoms with E-state index in [-0.39, 0.29) is 6.54 Å². The lowest BCUT2D eigenvalue weighted by atomic mass is 10.2. The summed E-state index contributed by atoms with van der Waals surface area (Å²) in [5.41, 5.74) is 0.706. The molecule has 1 unspecified atom stereocenters. The fourth-order valence-electron chi connectivity index (χ4n) is 2.81. The molecule has 0 saturated carbocycles. The first-order valence-electron chi connectivity index (χ1n) is 8.64. The summed E-state index contributed by atoms with van der Waals surface area (Å²) in [6.07, 6.45) is 1.04. The molecule has 1 fully saturated rings. The molecule has 1 aliphatic heterocycles. The normalized spacial score (nSPS) is 17.8. The summed E-state index contributed by atoms with van der Waals surface area (Å²) in [7, 11) is 3.05. The number of carbonyl (C=O) groups is 1. The predicted octanol–water partition coefficient (Wildman–Crippen LogP) is 2.50. The molecular weight excluding hydrogens is 372 g/mol. The SMILES string of the molecule is COc1cccc(OC)c1Oc1ccc(CNC(=O)C2CC(F)(F)CN2)cn1. The maximum atomic E-state index is 13.2. The zero-order valence-electron chi connectivity index (χ0n) is 15.5. The number of hydrogen-bond acceptors (Lipinski definition) is 6. The van der Waals surface area contributed by atoms with Gasteiger partial charge in [0.25, 0.3) is 5.92 Å². The number of alkyl halides is 2. The molecule has 7 nitrogen and oxygen atoms in total. The van der Waals surface area contributed by atoms with E-state index in [0.29, 0.717) is 28.7 Å². The number of carbonyl (C=O) groups excluding carboxylic acids is 1. The van der Waals surface area contributed by atoms with E-state index in [9.17, 15) is 13.6 Å². The topological polar surface area (TPSA) is 81.7 Å². The van der Waals surface area contributed by atoms with Gasteiger partial charge in [-0.1, -0.05) is 12.1 Å². The number of hydrogen-bond donors (Lipinski definition) is 2. The number of rotatable bonds is 7. The number of pyridine rings is 1. The maximum Gasteiger partial charge on any atom is 0.262 e. The Morgan fingerprint density at radius 1 is 1.25 bits per heavy atom. The fraction of sp³-hybridized carbons (Fsp3) is 0.368. The summed E-state index contributed by atoms with van der Waals surface area (Å²) in [5.74, 6) is -1.60. The molecule has 0 aliphatic carbocycles. The molecule has 0 bridgehead atoms. The van der Waals surface area contributed by atoms with Crippen molar-refractivity contribution in [1.82, 2.24) is 15.6 Å². The Hall–Kier alpha value is -2.94. The third kappa shape index (κ3) is 4.66. The van der Waals surface area contributed by atoms with Crippen molar-refractivity contribution in [2.24, 2.45) is 0 Å². The molecule has 2 heterocycles. The highest BCUT2D eigenvalue weighted by molar-refractivity contribution is 5.82. The number of para-hydroxylation sites is 1. The summed E-state index contributed by atoms with van der Waals surface area (Å²) in [4.78, 5) is 16.2. The standard InChI is InChI=1S/C19H21F2N3O4/c1-26-14-4-3-5-15(27-2)17(14)28-16-7-6-12(9-22-16)10-23-18(25)13-8-19(20,21)11-24-13/h3-7,9,13,24H,8,10-11H2,1-2H3,(H,23,25). The highest BCUT2D eigenvalue weighted by Gasteiger charge is 2.42. The van der Waals surface area contributed by atoms with E-state index in [1.54, 1.807) is 30.3 Å². The molecule has 28 heavy (non-hydrogen) atoms. The number of benzene rings is 1. The van der Waals surface area contributed by atoms with E-state index in [0.717, 1.165) is 0 Å². The van der Waals surface area contributed by atoms with Crippen LogP contribution in [0.3, 0.4) is 0 Å². The van der Waals surface area contributed by atoms with Gasteiger partial charge in [0.2, 0.25) is 17.5 Å². The summed E-state index contributed by atoms with van der Waals surface area (Å²) in [6.45, 7) is -0.307. The van der Waals surface area contributed by atoms with Crippen molar-refractivity contribution < 1.29 is 27.8 Å². The second kappa shape index (κ2) is 8.39. The maximum absolute atomic E-state index is 13.2. The van der Waals surface area contributed by atoms with Crippen LogP contribution in [0.25, 0.3) is 0 Å². The molecule has 1 atom stereocenters. The van der Waals surface area contributed by atoms with Crippen LogP contribution in [0.1, 0.15) is 12.0 Å². The van der Waals surface area contributed by atoms with Crippen LogP contribution in [-0.2, 0) is 11.3 Å². The van der Waals surface area contributed by atoms with Gasteiger partial charge in [0, 0.05) is 25.2 Å². The largest absolute Gasteiger partial charge is 0.493 e. The molecule has 150 valence electrons. The first kappa shape index (κ1) is 19.8.